The molecule has 1 fully saturated rings. The predicted molar refractivity (Wildman–Crippen MR) is 115 cm³/mol. The minimum Gasteiger partial charge on any atom is -0.459 e. The van der Waals surface area contributed by atoms with E-state index in [4.69, 9.17) is 18.9 Å². The highest BCUT2D eigenvalue weighted by Gasteiger charge is 2.47. The van der Waals surface area contributed by atoms with E-state index in [0.29, 0.717) is 5.56 Å². The molecule has 10 heteroatoms. The van der Waals surface area contributed by atoms with Crippen molar-refractivity contribution in [2.24, 2.45) is 0 Å². The van der Waals surface area contributed by atoms with Gasteiger partial charge in [-0.3, -0.25) is 0 Å². The number of halogens is 2. The van der Waals surface area contributed by atoms with Crippen LogP contribution < -0.4 is 0 Å². The van der Waals surface area contributed by atoms with Crippen molar-refractivity contribution < 1.29 is 38.7 Å². The van der Waals surface area contributed by atoms with Crippen LogP contribution in [0.5, 0.6) is 0 Å². The zero-order valence-corrected chi connectivity index (χ0v) is 19.5. The third kappa shape index (κ3) is 5.91. The fourth-order valence-corrected chi connectivity index (χ4v) is 3.51. The Morgan fingerprint density at radius 3 is 1.94 bits per heavy atom. The maximum Gasteiger partial charge on any atom is 0.338 e. The lowest BCUT2D eigenvalue weighted by molar-refractivity contribution is -0.293. The molecule has 0 bridgehead atoms. The largest absolute Gasteiger partial charge is 0.459 e. The number of rotatable bonds is 6. The Balaban J connectivity index is 1.73. The summed E-state index contributed by atoms with van der Waals surface area (Å²) in [5.74, 6) is -1.35. The predicted octanol–water partition coefficient (Wildman–Crippen LogP) is 2.69. The monoisotopic (exact) mass is 558 g/mol. The number of carbonyl (C=O) groups excluding carboxylic acids is 2. The van der Waals surface area contributed by atoms with Crippen LogP contribution in [0.2, 0.25) is 0 Å². The number of hydrogen-bond donors (Lipinski definition) is 2. The lowest BCUT2D eigenvalue weighted by Gasteiger charge is -2.41. The average Bonchev–Trinajstić information content (AvgIpc) is 2.77. The molecule has 2 aromatic rings. The number of hydrogen-bond acceptors (Lipinski definition) is 8. The maximum atomic E-state index is 12.5. The van der Waals surface area contributed by atoms with E-state index >= 15 is 0 Å². The highest BCUT2D eigenvalue weighted by molar-refractivity contribution is 9.10. The van der Waals surface area contributed by atoms with Gasteiger partial charge in [0.25, 0.3) is 0 Å². The first kappa shape index (κ1) is 23.8. The smallest absolute Gasteiger partial charge is 0.338 e. The summed E-state index contributed by atoms with van der Waals surface area (Å²) in [5.41, 5.74) is 0.552. The van der Waals surface area contributed by atoms with Gasteiger partial charge in [0.2, 0.25) is 0 Å². The lowest BCUT2D eigenvalue weighted by Crippen LogP contribution is -2.60. The van der Waals surface area contributed by atoms with E-state index in [1.165, 1.54) is 7.11 Å². The molecule has 3 rings (SSSR count). The summed E-state index contributed by atoms with van der Waals surface area (Å²) in [6, 6.07) is 13.0. The van der Waals surface area contributed by atoms with Crippen LogP contribution in [0.1, 0.15) is 20.7 Å². The summed E-state index contributed by atoms with van der Waals surface area (Å²) in [6.45, 7) is -0.336. The Bertz CT molecular complexity index is 903. The van der Waals surface area contributed by atoms with Gasteiger partial charge in [-0.25, -0.2) is 9.59 Å². The Kier molecular flexibility index (Phi) is 8.20. The van der Waals surface area contributed by atoms with Crippen molar-refractivity contribution >= 4 is 43.8 Å². The van der Waals surface area contributed by atoms with Crippen LogP contribution >= 0.6 is 31.9 Å². The molecule has 0 unspecified atom stereocenters. The van der Waals surface area contributed by atoms with Crippen molar-refractivity contribution in [2.75, 3.05) is 13.7 Å². The fraction of sp³-hybridized carbons (Fsp3) is 0.333. The first-order valence-corrected chi connectivity index (χ1v) is 10.8. The average molecular weight is 560 g/mol. The number of aliphatic hydroxyl groups excluding tert-OH is 2. The molecule has 31 heavy (non-hydrogen) atoms. The summed E-state index contributed by atoms with van der Waals surface area (Å²) in [6.07, 6.45) is -6.54. The summed E-state index contributed by atoms with van der Waals surface area (Å²) >= 11 is 6.57. The van der Waals surface area contributed by atoms with Crippen LogP contribution in [-0.4, -0.2) is 66.6 Å². The minimum atomic E-state index is -1.52. The van der Waals surface area contributed by atoms with Crippen LogP contribution in [0, 0.1) is 0 Å². The van der Waals surface area contributed by atoms with Crippen molar-refractivity contribution in [1.29, 1.82) is 0 Å². The van der Waals surface area contributed by atoms with Gasteiger partial charge in [-0.2, -0.15) is 0 Å². The van der Waals surface area contributed by atoms with Gasteiger partial charge in [0, 0.05) is 16.1 Å². The van der Waals surface area contributed by atoms with E-state index in [1.54, 1.807) is 48.5 Å². The van der Waals surface area contributed by atoms with Crippen LogP contribution in [0.25, 0.3) is 0 Å². The van der Waals surface area contributed by atoms with E-state index in [1.807, 2.05) is 0 Å². The van der Waals surface area contributed by atoms with E-state index < -0.39 is 42.6 Å². The van der Waals surface area contributed by atoms with Gasteiger partial charge in [0.15, 0.2) is 12.4 Å². The lowest BCUT2D eigenvalue weighted by atomic mass is 9.99. The second-order valence-corrected chi connectivity index (χ2v) is 8.57. The van der Waals surface area contributed by atoms with Crippen LogP contribution in [0.3, 0.4) is 0 Å². The highest BCUT2D eigenvalue weighted by atomic mass is 79.9. The molecular weight excluding hydrogens is 540 g/mol. The molecule has 0 saturated carbocycles. The molecule has 2 aromatic carbocycles. The SMILES string of the molecule is CO[C@@H]1O[C@H](COC(=O)c2ccc(Br)cc2)[C@@H](OC(=O)c2ccc(Br)cc2)[C@H](O)[C@H]1O. The van der Waals surface area contributed by atoms with Gasteiger partial charge in [-0.1, -0.05) is 31.9 Å². The number of esters is 2. The van der Waals surface area contributed by atoms with E-state index in [9.17, 15) is 19.8 Å². The van der Waals surface area contributed by atoms with E-state index in [-0.39, 0.29) is 12.2 Å². The molecule has 0 radical (unpaired) electrons. The van der Waals surface area contributed by atoms with Crippen LogP contribution in [0.15, 0.2) is 57.5 Å². The molecule has 8 nitrogen and oxygen atoms in total. The van der Waals surface area contributed by atoms with Crippen molar-refractivity contribution in [3.8, 4) is 0 Å². The van der Waals surface area contributed by atoms with Crippen molar-refractivity contribution in [1.82, 2.24) is 0 Å². The number of aliphatic hydroxyl groups is 2. The number of ether oxygens (including phenoxy) is 4. The zero-order chi connectivity index (χ0) is 22.5. The maximum absolute atomic E-state index is 12.5. The molecular formula is C21H20Br2O8. The molecule has 1 aliphatic rings. The second-order valence-electron chi connectivity index (χ2n) is 6.74. The Labute approximate surface area is 195 Å². The first-order chi connectivity index (χ1) is 14.8. The molecule has 0 aliphatic carbocycles. The topological polar surface area (TPSA) is 112 Å². The summed E-state index contributed by atoms with van der Waals surface area (Å²) < 4.78 is 22.9. The highest BCUT2D eigenvalue weighted by Crippen LogP contribution is 2.26. The summed E-state index contributed by atoms with van der Waals surface area (Å²) in [4.78, 5) is 24.9. The standard InChI is InChI=1S/C21H20Br2O8/c1-28-21-17(25)16(24)18(31-20(27)12-4-8-14(23)9-5-12)15(30-21)10-29-19(26)11-2-6-13(22)7-3-11/h2-9,15-18,21,24-25H,10H2,1H3/t15-,16-,17-,18-,21-/m1/s1. The summed E-state index contributed by atoms with van der Waals surface area (Å²) in [7, 11) is 1.29. The quantitative estimate of drug-likeness (QED) is 0.520. The molecule has 0 aromatic heterocycles. The molecule has 0 spiro atoms. The Hall–Kier alpha value is -1.82. The van der Waals surface area contributed by atoms with Crippen molar-refractivity contribution in [3.63, 3.8) is 0 Å². The number of benzene rings is 2. The van der Waals surface area contributed by atoms with Crippen molar-refractivity contribution in [3.05, 3.63) is 68.6 Å². The van der Waals surface area contributed by atoms with E-state index in [0.717, 1.165) is 8.95 Å². The van der Waals surface area contributed by atoms with Gasteiger partial charge < -0.3 is 29.2 Å². The molecule has 1 heterocycles. The Morgan fingerprint density at radius 1 is 0.903 bits per heavy atom. The van der Waals surface area contributed by atoms with Gasteiger partial charge >= 0.3 is 11.9 Å². The third-order valence-electron chi connectivity index (χ3n) is 4.65. The summed E-state index contributed by atoms with van der Waals surface area (Å²) in [5, 5.41) is 20.7. The Morgan fingerprint density at radius 2 is 1.42 bits per heavy atom. The number of methoxy groups -OCH3 is 1. The molecule has 1 aliphatic heterocycles. The third-order valence-corrected chi connectivity index (χ3v) is 5.71. The first-order valence-electron chi connectivity index (χ1n) is 9.23. The number of carbonyl (C=O) groups is 2. The van der Waals surface area contributed by atoms with Gasteiger partial charge in [0.05, 0.1) is 11.1 Å². The van der Waals surface area contributed by atoms with Gasteiger partial charge in [-0.05, 0) is 48.5 Å². The second kappa shape index (κ2) is 10.7. The normalized spacial score (nSPS) is 25.6. The van der Waals surface area contributed by atoms with Crippen molar-refractivity contribution in [2.45, 2.75) is 30.7 Å². The molecule has 2 N–H and O–H groups in total. The molecule has 0 amide bonds. The molecule has 166 valence electrons. The molecule has 1 saturated heterocycles. The van der Waals surface area contributed by atoms with Crippen LogP contribution in [0.4, 0.5) is 0 Å². The minimum absolute atomic E-state index is 0.240. The van der Waals surface area contributed by atoms with Gasteiger partial charge in [0.1, 0.15) is 24.9 Å². The van der Waals surface area contributed by atoms with Gasteiger partial charge in [-0.15, -0.1) is 0 Å². The fourth-order valence-electron chi connectivity index (χ4n) is 2.98. The van der Waals surface area contributed by atoms with E-state index in [2.05, 4.69) is 31.9 Å². The van der Waals surface area contributed by atoms with Crippen LogP contribution in [-0.2, 0) is 18.9 Å². The molecule has 5 atom stereocenters. The zero-order valence-electron chi connectivity index (χ0n) is 16.3.